The first-order valence-corrected chi connectivity index (χ1v) is 12.5. The first kappa shape index (κ1) is 24.8. The lowest BCUT2D eigenvalue weighted by molar-refractivity contribution is -0.125. The maximum absolute atomic E-state index is 13.1. The van der Waals surface area contributed by atoms with Gasteiger partial charge in [0.2, 0.25) is 5.91 Å². The SMILES string of the molecule is NC(=O)[C@@H](C[C@H](O)[C@H](Cc1ccccc1)NC(=O)c1cnc2ccccc2n1)C1CCCCCC1. The number of hydrogen-bond acceptors (Lipinski definition) is 5. The second-order valence-corrected chi connectivity index (χ2v) is 9.58. The molecule has 184 valence electrons. The van der Waals surface area contributed by atoms with Crippen LogP contribution in [0.3, 0.4) is 0 Å². The summed E-state index contributed by atoms with van der Waals surface area (Å²) in [6.07, 6.45) is 7.55. The Hall–Kier alpha value is -3.32. The van der Waals surface area contributed by atoms with Gasteiger partial charge in [-0.1, -0.05) is 68.1 Å². The quantitative estimate of drug-likeness (QED) is 0.408. The maximum atomic E-state index is 13.1. The molecule has 0 saturated heterocycles. The number of carbonyl (C=O) groups is 2. The van der Waals surface area contributed by atoms with Crippen molar-refractivity contribution in [2.24, 2.45) is 17.6 Å². The number of carbonyl (C=O) groups excluding carboxylic acids is 2. The summed E-state index contributed by atoms with van der Waals surface area (Å²) in [5.74, 6) is -1.03. The van der Waals surface area contributed by atoms with Crippen molar-refractivity contribution in [3.05, 3.63) is 72.1 Å². The van der Waals surface area contributed by atoms with Gasteiger partial charge in [0.15, 0.2) is 0 Å². The Morgan fingerprint density at radius 3 is 2.31 bits per heavy atom. The Balaban J connectivity index is 1.53. The normalized spacial score (nSPS) is 17.3. The molecular formula is C28H34N4O3. The van der Waals surface area contributed by atoms with Crippen molar-refractivity contribution in [1.82, 2.24) is 15.3 Å². The Morgan fingerprint density at radius 2 is 1.63 bits per heavy atom. The molecule has 4 N–H and O–H groups in total. The van der Waals surface area contributed by atoms with E-state index >= 15 is 0 Å². The number of aliphatic hydroxyl groups is 1. The van der Waals surface area contributed by atoms with Crippen LogP contribution in [0.1, 0.15) is 61.0 Å². The summed E-state index contributed by atoms with van der Waals surface area (Å²) < 4.78 is 0. The molecule has 1 aliphatic rings. The van der Waals surface area contributed by atoms with Gasteiger partial charge in [0.1, 0.15) is 5.69 Å². The number of nitrogens with two attached hydrogens (primary N) is 1. The highest BCUT2D eigenvalue weighted by Gasteiger charge is 2.33. The molecule has 4 rings (SSSR count). The van der Waals surface area contributed by atoms with Crippen LogP contribution in [0.25, 0.3) is 11.0 Å². The van der Waals surface area contributed by atoms with Crippen molar-refractivity contribution >= 4 is 22.8 Å². The van der Waals surface area contributed by atoms with E-state index in [0.29, 0.717) is 17.5 Å². The fourth-order valence-electron chi connectivity index (χ4n) is 5.14. The molecule has 1 saturated carbocycles. The van der Waals surface area contributed by atoms with E-state index in [0.717, 1.165) is 31.2 Å². The first-order chi connectivity index (χ1) is 17.0. The van der Waals surface area contributed by atoms with Crippen LogP contribution in [0.4, 0.5) is 0 Å². The highest BCUT2D eigenvalue weighted by Crippen LogP contribution is 2.32. The van der Waals surface area contributed by atoms with Gasteiger partial charge in [-0.2, -0.15) is 0 Å². The number of aromatic nitrogens is 2. The van der Waals surface area contributed by atoms with Crippen LogP contribution in [0.5, 0.6) is 0 Å². The van der Waals surface area contributed by atoms with E-state index in [1.54, 1.807) is 6.07 Å². The molecule has 0 spiro atoms. The van der Waals surface area contributed by atoms with Crippen LogP contribution in [0.2, 0.25) is 0 Å². The standard InChI is InChI=1S/C28H34N4O3/c29-27(34)21(20-12-6-1-2-7-13-20)17-26(33)24(16-19-10-4-3-5-11-19)32-28(35)25-18-30-22-14-8-9-15-23(22)31-25/h3-5,8-11,14-15,18,20-21,24,26,33H,1-2,6-7,12-13,16-17H2,(H2,29,34)(H,32,35)/t21-,24-,26-/m0/s1. The zero-order valence-electron chi connectivity index (χ0n) is 20.0. The number of amides is 2. The molecule has 1 fully saturated rings. The number of nitrogens with one attached hydrogen (secondary N) is 1. The van der Waals surface area contributed by atoms with Crippen molar-refractivity contribution < 1.29 is 14.7 Å². The molecule has 3 aromatic rings. The van der Waals surface area contributed by atoms with Gasteiger partial charge in [0.05, 0.1) is 29.4 Å². The minimum Gasteiger partial charge on any atom is -0.391 e. The fourth-order valence-corrected chi connectivity index (χ4v) is 5.14. The predicted molar refractivity (Wildman–Crippen MR) is 135 cm³/mol. The molecule has 1 aromatic heterocycles. The lowest BCUT2D eigenvalue weighted by Gasteiger charge is -2.30. The average molecular weight is 475 g/mol. The Bertz CT molecular complexity index is 1130. The van der Waals surface area contributed by atoms with E-state index in [2.05, 4.69) is 15.3 Å². The zero-order chi connectivity index (χ0) is 24.6. The molecule has 7 nitrogen and oxygen atoms in total. The number of para-hydroxylation sites is 2. The van der Waals surface area contributed by atoms with Crippen LogP contribution >= 0.6 is 0 Å². The second kappa shape index (κ2) is 11.9. The number of benzene rings is 2. The minimum absolute atomic E-state index is 0.170. The van der Waals surface area contributed by atoms with Gasteiger partial charge in [-0.05, 0) is 49.3 Å². The molecule has 0 unspecified atom stereocenters. The van der Waals surface area contributed by atoms with E-state index in [1.165, 1.54) is 19.0 Å². The lowest BCUT2D eigenvalue weighted by Crippen LogP contribution is -2.47. The van der Waals surface area contributed by atoms with E-state index in [9.17, 15) is 14.7 Å². The Labute approximate surface area is 206 Å². The molecular weight excluding hydrogens is 440 g/mol. The first-order valence-electron chi connectivity index (χ1n) is 12.5. The van der Waals surface area contributed by atoms with Crippen molar-refractivity contribution in [2.75, 3.05) is 0 Å². The van der Waals surface area contributed by atoms with Crippen molar-refractivity contribution in [3.63, 3.8) is 0 Å². The zero-order valence-corrected chi connectivity index (χ0v) is 20.0. The van der Waals surface area contributed by atoms with E-state index in [4.69, 9.17) is 5.73 Å². The Kier molecular flexibility index (Phi) is 8.42. The van der Waals surface area contributed by atoms with Crippen molar-refractivity contribution in [1.29, 1.82) is 0 Å². The third-order valence-electron chi connectivity index (χ3n) is 7.09. The summed E-state index contributed by atoms with van der Waals surface area (Å²) in [5.41, 5.74) is 8.31. The van der Waals surface area contributed by atoms with E-state index < -0.39 is 24.0 Å². The van der Waals surface area contributed by atoms with Crippen LogP contribution in [-0.4, -0.2) is 39.0 Å². The van der Waals surface area contributed by atoms with Gasteiger partial charge < -0.3 is 16.2 Å². The molecule has 1 heterocycles. The second-order valence-electron chi connectivity index (χ2n) is 9.58. The Morgan fingerprint density at radius 1 is 0.971 bits per heavy atom. The highest BCUT2D eigenvalue weighted by molar-refractivity contribution is 5.94. The maximum Gasteiger partial charge on any atom is 0.271 e. The van der Waals surface area contributed by atoms with Crippen molar-refractivity contribution in [3.8, 4) is 0 Å². The number of hydrogen-bond donors (Lipinski definition) is 3. The number of nitrogens with zero attached hydrogens (tertiary/aromatic N) is 2. The monoisotopic (exact) mass is 474 g/mol. The van der Waals surface area contributed by atoms with Crippen molar-refractivity contribution in [2.45, 2.75) is 63.5 Å². The topological polar surface area (TPSA) is 118 Å². The third kappa shape index (κ3) is 6.63. The summed E-state index contributed by atoms with van der Waals surface area (Å²) >= 11 is 0. The van der Waals surface area contributed by atoms with Crippen LogP contribution in [-0.2, 0) is 11.2 Å². The summed E-state index contributed by atoms with van der Waals surface area (Å²) in [5, 5.41) is 14.3. The fraction of sp³-hybridized carbons (Fsp3) is 0.429. The van der Waals surface area contributed by atoms with Gasteiger partial charge in [-0.15, -0.1) is 0 Å². The molecule has 35 heavy (non-hydrogen) atoms. The average Bonchev–Trinajstić information content (AvgIpc) is 3.16. The largest absolute Gasteiger partial charge is 0.391 e. The van der Waals surface area contributed by atoms with Gasteiger partial charge in [-0.3, -0.25) is 14.6 Å². The predicted octanol–water partition coefficient (Wildman–Crippen LogP) is 3.79. The van der Waals surface area contributed by atoms with Crippen LogP contribution < -0.4 is 11.1 Å². The lowest BCUT2D eigenvalue weighted by atomic mass is 9.80. The molecule has 2 aromatic carbocycles. The number of fused-ring (bicyclic) bond motifs is 1. The minimum atomic E-state index is -0.937. The molecule has 3 atom stereocenters. The van der Waals surface area contributed by atoms with Gasteiger partial charge in [0.25, 0.3) is 5.91 Å². The van der Waals surface area contributed by atoms with Crippen LogP contribution in [0, 0.1) is 11.8 Å². The van der Waals surface area contributed by atoms with E-state index in [1.807, 2.05) is 48.5 Å². The molecule has 0 bridgehead atoms. The number of primary amides is 1. The molecule has 1 aliphatic carbocycles. The van der Waals surface area contributed by atoms with E-state index in [-0.39, 0.29) is 23.9 Å². The summed E-state index contributed by atoms with van der Waals surface area (Å²) in [6.45, 7) is 0. The number of rotatable bonds is 9. The molecule has 2 amide bonds. The highest BCUT2D eigenvalue weighted by atomic mass is 16.3. The molecule has 7 heteroatoms. The third-order valence-corrected chi connectivity index (χ3v) is 7.09. The number of aliphatic hydroxyl groups excluding tert-OH is 1. The smallest absolute Gasteiger partial charge is 0.271 e. The van der Waals surface area contributed by atoms with Gasteiger partial charge >= 0.3 is 0 Å². The van der Waals surface area contributed by atoms with Gasteiger partial charge in [-0.25, -0.2) is 4.98 Å². The molecule has 0 aliphatic heterocycles. The van der Waals surface area contributed by atoms with Crippen LogP contribution in [0.15, 0.2) is 60.8 Å². The molecule has 0 radical (unpaired) electrons. The summed E-state index contributed by atoms with van der Waals surface area (Å²) in [7, 11) is 0. The summed E-state index contributed by atoms with van der Waals surface area (Å²) in [4.78, 5) is 34.3. The van der Waals surface area contributed by atoms with Gasteiger partial charge in [0, 0.05) is 5.92 Å². The summed E-state index contributed by atoms with van der Waals surface area (Å²) in [6, 6.07) is 16.4.